The van der Waals surface area contributed by atoms with E-state index < -0.39 is 6.10 Å². The van der Waals surface area contributed by atoms with Gasteiger partial charge in [0.05, 0.1) is 33.4 Å². The molecule has 1 aliphatic carbocycles. The summed E-state index contributed by atoms with van der Waals surface area (Å²) in [4.78, 5) is 32.8. The van der Waals surface area contributed by atoms with Gasteiger partial charge in [0.1, 0.15) is 0 Å². The fourth-order valence-corrected chi connectivity index (χ4v) is 5.10. The molecule has 0 radical (unpaired) electrons. The van der Waals surface area contributed by atoms with E-state index in [1.165, 1.54) is 46.3 Å². The van der Waals surface area contributed by atoms with E-state index in [9.17, 15) is 14.7 Å². The van der Waals surface area contributed by atoms with Crippen molar-refractivity contribution >= 4 is 11.9 Å². The summed E-state index contributed by atoms with van der Waals surface area (Å²) >= 11 is 0. The number of aliphatic hydroxyl groups is 1. The van der Waals surface area contributed by atoms with Crippen LogP contribution < -0.4 is 5.32 Å². The van der Waals surface area contributed by atoms with Gasteiger partial charge >= 0.3 is 11.9 Å². The molecule has 10 nitrogen and oxygen atoms in total. The molecule has 0 spiro atoms. The molecule has 210 valence electrons. The minimum absolute atomic E-state index is 0.211. The Labute approximate surface area is 218 Å². The Balaban J connectivity index is 1.94. The number of rotatable bonds is 11. The fourth-order valence-electron chi connectivity index (χ4n) is 5.10. The Morgan fingerprint density at radius 3 is 1.75 bits per heavy atom. The zero-order chi connectivity index (χ0) is 26.2. The zero-order valence-electron chi connectivity index (χ0n) is 23.0. The average molecular weight is 514 g/mol. The van der Waals surface area contributed by atoms with Crippen molar-refractivity contribution in [2.75, 3.05) is 106 Å². The monoisotopic (exact) mass is 513 g/mol. The van der Waals surface area contributed by atoms with Crippen molar-refractivity contribution in [1.29, 1.82) is 0 Å². The topological polar surface area (TPSA) is 97.8 Å². The maximum Gasteiger partial charge on any atom is 0.319 e. The number of aliphatic hydroxyl groups excluding tert-OH is 1. The minimum atomic E-state index is -0.429. The Morgan fingerprint density at radius 1 is 0.806 bits per heavy atom. The van der Waals surface area contributed by atoms with Gasteiger partial charge in [-0.3, -0.25) is 24.3 Å². The van der Waals surface area contributed by atoms with E-state index in [0.29, 0.717) is 32.7 Å². The number of carbonyl (C=O) groups is 2. The molecule has 0 bridgehead atoms. The highest BCUT2D eigenvalue weighted by atomic mass is 16.5. The first-order valence-electron chi connectivity index (χ1n) is 13.8. The summed E-state index contributed by atoms with van der Waals surface area (Å²) in [5.41, 5.74) is 0. The molecular weight excluding hydrogens is 462 g/mol. The van der Waals surface area contributed by atoms with Crippen LogP contribution in [0.4, 0.5) is 0 Å². The van der Waals surface area contributed by atoms with Gasteiger partial charge in [0, 0.05) is 65.4 Å². The van der Waals surface area contributed by atoms with Gasteiger partial charge < -0.3 is 24.8 Å². The lowest BCUT2D eigenvalue weighted by atomic mass is 9.89. The first kappa shape index (κ1) is 30.9. The molecule has 2 rings (SSSR count). The van der Waals surface area contributed by atoms with Gasteiger partial charge in [-0.25, -0.2) is 0 Å². The molecule has 0 aromatic heterocycles. The number of likely N-dealkylation sites (N-methyl/N-ethyl adjacent to an activating group) is 1. The SMILES string of the molecule is CCN1CCN(CC(=O)OC)CCN(CC(=O)OC)CCN(CC(O)CNCC2CCCCC2)CC1. The van der Waals surface area contributed by atoms with Crippen molar-refractivity contribution in [2.24, 2.45) is 5.92 Å². The standard InChI is InChI=1S/C26H51N5O5/c1-4-28-10-12-29(20-24(32)19-27-18-23-8-6-5-7-9-23)14-15-31(22-26(34)36-3)17-16-30(13-11-28)21-25(33)35-2/h23-24,27,32H,4-22H2,1-3H3. The van der Waals surface area contributed by atoms with Crippen LogP contribution in [0, 0.1) is 5.92 Å². The molecule has 2 aliphatic rings. The van der Waals surface area contributed by atoms with Gasteiger partial charge in [-0.05, 0) is 31.8 Å². The third-order valence-corrected chi connectivity index (χ3v) is 7.54. The van der Waals surface area contributed by atoms with Crippen molar-refractivity contribution in [3.05, 3.63) is 0 Å². The van der Waals surface area contributed by atoms with Crippen LogP contribution in [0.1, 0.15) is 39.0 Å². The normalized spacial score (nSPS) is 21.9. The molecule has 1 saturated carbocycles. The Hall–Kier alpha value is -1.30. The maximum absolute atomic E-state index is 12.0. The van der Waals surface area contributed by atoms with E-state index in [-0.39, 0.29) is 25.0 Å². The van der Waals surface area contributed by atoms with Crippen LogP contribution in [0.3, 0.4) is 0 Å². The van der Waals surface area contributed by atoms with Gasteiger partial charge in [0.25, 0.3) is 0 Å². The lowest BCUT2D eigenvalue weighted by Crippen LogP contribution is -2.49. The van der Waals surface area contributed by atoms with Gasteiger partial charge in [-0.2, -0.15) is 0 Å². The summed E-state index contributed by atoms with van der Waals surface area (Å²) in [6.45, 7) is 11.9. The smallest absolute Gasteiger partial charge is 0.319 e. The van der Waals surface area contributed by atoms with Gasteiger partial charge in [-0.1, -0.05) is 26.2 Å². The summed E-state index contributed by atoms with van der Waals surface area (Å²) in [5, 5.41) is 14.3. The number of methoxy groups -OCH3 is 2. The molecule has 36 heavy (non-hydrogen) atoms. The second-order valence-electron chi connectivity index (χ2n) is 10.3. The highest BCUT2D eigenvalue weighted by Gasteiger charge is 2.21. The third kappa shape index (κ3) is 12.8. The number of β-amino-alcohol motifs (C(OH)–C–C–N with tert-alkyl or cyclic N) is 1. The zero-order valence-corrected chi connectivity index (χ0v) is 23.0. The lowest BCUT2D eigenvalue weighted by molar-refractivity contribution is -0.143. The second-order valence-corrected chi connectivity index (χ2v) is 10.3. The molecule has 10 heteroatoms. The van der Waals surface area contributed by atoms with Crippen LogP contribution in [0.2, 0.25) is 0 Å². The van der Waals surface area contributed by atoms with Crippen molar-refractivity contribution in [3.8, 4) is 0 Å². The molecule has 1 atom stereocenters. The van der Waals surface area contributed by atoms with E-state index >= 15 is 0 Å². The highest BCUT2D eigenvalue weighted by Crippen LogP contribution is 2.22. The van der Waals surface area contributed by atoms with Crippen LogP contribution >= 0.6 is 0 Å². The molecule has 0 aromatic carbocycles. The van der Waals surface area contributed by atoms with Crippen LogP contribution in [0.25, 0.3) is 0 Å². The van der Waals surface area contributed by atoms with Crippen molar-refractivity contribution < 1.29 is 24.2 Å². The molecule has 1 heterocycles. The van der Waals surface area contributed by atoms with Gasteiger partial charge in [0.15, 0.2) is 0 Å². The molecule has 2 N–H and O–H groups in total. The first-order valence-corrected chi connectivity index (χ1v) is 13.8. The summed E-state index contributed by atoms with van der Waals surface area (Å²) in [6.07, 6.45) is 6.20. The quantitative estimate of drug-likeness (QED) is 0.370. The number of nitrogens with one attached hydrogen (secondary N) is 1. The Kier molecular flexibility index (Phi) is 15.5. The first-order chi connectivity index (χ1) is 17.4. The predicted molar refractivity (Wildman–Crippen MR) is 141 cm³/mol. The minimum Gasteiger partial charge on any atom is -0.468 e. The maximum atomic E-state index is 12.0. The number of esters is 2. The van der Waals surface area contributed by atoms with Crippen LogP contribution in [0.5, 0.6) is 0 Å². The van der Waals surface area contributed by atoms with E-state index in [1.54, 1.807) is 0 Å². The summed E-state index contributed by atoms with van der Waals surface area (Å²) in [6, 6.07) is 0. The average Bonchev–Trinajstić information content (AvgIpc) is 2.88. The molecule has 1 saturated heterocycles. The molecule has 0 aromatic rings. The van der Waals surface area contributed by atoms with Gasteiger partial charge in [-0.15, -0.1) is 0 Å². The fraction of sp³-hybridized carbons (Fsp3) is 0.923. The number of nitrogens with zero attached hydrogens (tertiary/aromatic N) is 4. The second kappa shape index (κ2) is 18.0. The van der Waals surface area contributed by atoms with Crippen LogP contribution in [0.15, 0.2) is 0 Å². The summed E-state index contributed by atoms with van der Waals surface area (Å²) < 4.78 is 9.80. The molecule has 1 aliphatic heterocycles. The van der Waals surface area contributed by atoms with Crippen molar-refractivity contribution in [3.63, 3.8) is 0 Å². The van der Waals surface area contributed by atoms with Crippen molar-refractivity contribution in [1.82, 2.24) is 24.9 Å². The number of ether oxygens (including phenoxy) is 2. The Bertz CT molecular complexity index is 620. The van der Waals surface area contributed by atoms with E-state index in [1.807, 2.05) is 0 Å². The largest absolute Gasteiger partial charge is 0.468 e. The third-order valence-electron chi connectivity index (χ3n) is 7.54. The van der Waals surface area contributed by atoms with Crippen LogP contribution in [-0.4, -0.2) is 149 Å². The molecule has 2 fully saturated rings. The predicted octanol–water partition coefficient (Wildman–Crippen LogP) is 0.105. The number of hydrogen-bond donors (Lipinski definition) is 2. The van der Waals surface area contributed by atoms with Crippen LogP contribution in [-0.2, 0) is 19.1 Å². The van der Waals surface area contributed by atoms with E-state index in [2.05, 4.69) is 31.8 Å². The molecular formula is C26H51N5O5. The van der Waals surface area contributed by atoms with E-state index in [4.69, 9.17) is 9.47 Å². The summed E-state index contributed by atoms with van der Waals surface area (Å²) in [7, 11) is 2.82. The summed E-state index contributed by atoms with van der Waals surface area (Å²) in [5.74, 6) is 0.232. The van der Waals surface area contributed by atoms with E-state index in [0.717, 1.165) is 51.7 Å². The number of hydrogen-bond acceptors (Lipinski definition) is 10. The highest BCUT2D eigenvalue weighted by molar-refractivity contribution is 5.71. The lowest BCUT2D eigenvalue weighted by Gasteiger charge is -2.34. The van der Waals surface area contributed by atoms with Crippen molar-refractivity contribution in [2.45, 2.75) is 45.1 Å². The Morgan fingerprint density at radius 2 is 1.28 bits per heavy atom. The molecule has 1 unspecified atom stereocenters. The molecule has 0 amide bonds. The number of carbonyl (C=O) groups excluding carboxylic acids is 2. The van der Waals surface area contributed by atoms with Gasteiger partial charge in [0.2, 0.25) is 0 Å².